The van der Waals surface area contributed by atoms with Crippen LogP contribution < -0.4 is 10.5 Å². The number of halogens is 4. The number of hydrogen-bond donors (Lipinski definition) is 1. The van der Waals surface area contributed by atoms with E-state index in [1.54, 1.807) is 0 Å². The van der Waals surface area contributed by atoms with Gasteiger partial charge in [-0.15, -0.1) is 0 Å². The molecule has 0 aliphatic carbocycles. The molecule has 0 saturated heterocycles. The molecule has 8 heteroatoms. The van der Waals surface area contributed by atoms with Crippen LogP contribution in [0.5, 0.6) is 11.6 Å². The fourth-order valence-corrected chi connectivity index (χ4v) is 1.48. The van der Waals surface area contributed by atoms with E-state index in [1.165, 1.54) is 12.3 Å². The largest absolute Gasteiger partial charge is 0.437 e. The minimum absolute atomic E-state index is 0.00690. The highest BCUT2D eigenvalue weighted by Gasteiger charge is 2.35. The van der Waals surface area contributed by atoms with Crippen molar-refractivity contribution in [2.75, 3.05) is 5.73 Å². The highest BCUT2D eigenvalue weighted by atomic mass is 35.5. The Bertz CT molecular complexity index is 604. The predicted molar refractivity (Wildman–Crippen MR) is 63.0 cm³/mol. The summed E-state index contributed by atoms with van der Waals surface area (Å²) in [6.07, 6.45) is -2.26. The number of ether oxygens (including phenoxy) is 1. The lowest BCUT2D eigenvalue weighted by atomic mass is 10.1. The van der Waals surface area contributed by atoms with Crippen LogP contribution in [0.1, 0.15) is 5.56 Å². The van der Waals surface area contributed by atoms with Crippen molar-refractivity contribution < 1.29 is 17.9 Å². The van der Waals surface area contributed by atoms with Gasteiger partial charge in [0.25, 0.3) is 0 Å². The van der Waals surface area contributed by atoms with Crippen molar-refractivity contribution in [1.82, 2.24) is 9.97 Å². The first kappa shape index (κ1) is 13.4. The molecule has 0 unspecified atom stereocenters. The van der Waals surface area contributed by atoms with Crippen LogP contribution in [-0.2, 0) is 6.18 Å². The minimum atomic E-state index is -4.59. The maximum Gasteiger partial charge on any atom is 0.420 e. The highest BCUT2D eigenvalue weighted by Crippen LogP contribution is 2.39. The lowest BCUT2D eigenvalue weighted by molar-refractivity contribution is -0.138. The molecule has 0 atom stereocenters. The quantitative estimate of drug-likeness (QED) is 0.859. The van der Waals surface area contributed by atoms with Gasteiger partial charge in [0.1, 0.15) is 22.7 Å². The standard InChI is InChI=1S/C11H7ClF3N3O/c12-8-4-17-5-18-10(8)19-9-2-1-6(16)3-7(9)11(13,14)15/h1-5H,16H2. The second-order valence-electron chi connectivity index (χ2n) is 3.53. The van der Waals surface area contributed by atoms with Crippen LogP contribution in [0.25, 0.3) is 0 Å². The van der Waals surface area contributed by atoms with E-state index in [9.17, 15) is 13.2 Å². The number of aromatic nitrogens is 2. The average molecular weight is 290 g/mol. The molecular weight excluding hydrogens is 283 g/mol. The summed E-state index contributed by atoms with van der Waals surface area (Å²) in [5.41, 5.74) is 4.32. The fourth-order valence-electron chi connectivity index (χ4n) is 1.34. The van der Waals surface area contributed by atoms with Gasteiger partial charge in [-0.1, -0.05) is 11.6 Å². The lowest BCUT2D eigenvalue weighted by Crippen LogP contribution is -2.08. The number of benzene rings is 1. The van der Waals surface area contributed by atoms with Crippen molar-refractivity contribution in [2.24, 2.45) is 0 Å². The number of rotatable bonds is 2. The molecule has 1 aromatic heterocycles. The van der Waals surface area contributed by atoms with E-state index in [-0.39, 0.29) is 16.6 Å². The van der Waals surface area contributed by atoms with E-state index in [0.29, 0.717) is 0 Å². The molecule has 0 aliphatic rings. The summed E-state index contributed by atoms with van der Waals surface area (Å²) in [6, 6.07) is 3.18. The summed E-state index contributed by atoms with van der Waals surface area (Å²) < 4.78 is 43.6. The van der Waals surface area contributed by atoms with Gasteiger partial charge in [0, 0.05) is 5.69 Å². The van der Waals surface area contributed by atoms with Crippen molar-refractivity contribution in [3.63, 3.8) is 0 Å². The fraction of sp³-hybridized carbons (Fsp3) is 0.0909. The molecule has 0 aliphatic heterocycles. The van der Waals surface area contributed by atoms with Gasteiger partial charge >= 0.3 is 6.18 Å². The van der Waals surface area contributed by atoms with Gasteiger partial charge in [0.15, 0.2) is 0 Å². The Morgan fingerprint density at radius 1 is 1.26 bits per heavy atom. The molecule has 0 saturated carbocycles. The summed E-state index contributed by atoms with van der Waals surface area (Å²) in [6.45, 7) is 0. The maximum absolute atomic E-state index is 12.8. The smallest absolute Gasteiger partial charge is 0.420 e. The molecule has 4 nitrogen and oxygen atoms in total. The normalized spacial score (nSPS) is 11.4. The third-order valence-corrected chi connectivity index (χ3v) is 2.41. The van der Waals surface area contributed by atoms with Crippen molar-refractivity contribution >= 4 is 17.3 Å². The zero-order chi connectivity index (χ0) is 14.0. The average Bonchev–Trinajstić information content (AvgIpc) is 2.33. The summed E-state index contributed by atoms with van der Waals surface area (Å²) in [5, 5.41) is 0.00690. The molecule has 1 heterocycles. The molecule has 2 aromatic rings. The van der Waals surface area contributed by atoms with Crippen molar-refractivity contribution in [2.45, 2.75) is 6.18 Å². The zero-order valence-corrected chi connectivity index (χ0v) is 10.0. The SMILES string of the molecule is Nc1ccc(Oc2ncncc2Cl)c(C(F)(F)F)c1. The minimum Gasteiger partial charge on any atom is -0.437 e. The van der Waals surface area contributed by atoms with Gasteiger partial charge in [-0.2, -0.15) is 13.2 Å². The predicted octanol–water partition coefficient (Wildman–Crippen LogP) is 3.52. The van der Waals surface area contributed by atoms with E-state index in [1.807, 2.05) is 0 Å². The molecule has 0 amide bonds. The Hall–Kier alpha value is -2.02. The van der Waals surface area contributed by atoms with Gasteiger partial charge in [-0.05, 0) is 18.2 Å². The Labute approximate surface area is 111 Å². The molecule has 100 valence electrons. The first-order valence-corrected chi connectivity index (χ1v) is 5.36. The second kappa shape index (κ2) is 4.93. The Balaban J connectivity index is 2.44. The van der Waals surface area contributed by atoms with E-state index >= 15 is 0 Å². The van der Waals surface area contributed by atoms with Crippen LogP contribution in [0, 0.1) is 0 Å². The van der Waals surface area contributed by atoms with Crippen LogP contribution in [-0.4, -0.2) is 9.97 Å². The van der Waals surface area contributed by atoms with E-state index in [2.05, 4.69) is 9.97 Å². The van der Waals surface area contributed by atoms with Crippen LogP contribution in [0.15, 0.2) is 30.7 Å². The summed E-state index contributed by atoms with van der Waals surface area (Å²) in [7, 11) is 0. The van der Waals surface area contributed by atoms with Gasteiger partial charge in [-0.25, -0.2) is 9.97 Å². The topological polar surface area (TPSA) is 61.0 Å². The number of nitrogens with two attached hydrogens (primary N) is 1. The molecule has 2 N–H and O–H groups in total. The summed E-state index contributed by atoms with van der Waals surface area (Å²) >= 11 is 5.72. The third kappa shape index (κ3) is 3.05. The van der Waals surface area contributed by atoms with Crippen LogP contribution in [0.3, 0.4) is 0 Å². The molecule has 19 heavy (non-hydrogen) atoms. The molecule has 0 bridgehead atoms. The van der Waals surface area contributed by atoms with E-state index < -0.39 is 17.5 Å². The first-order valence-electron chi connectivity index (χ1n) is 4.98. The second-order valence-corrected chi connectivity index (χ2v) is 3.94. The summed E-state index contributed by atoms with van der Waals surface area (Å²) in [4.78, 5) is 7.26. The number of hydrogen-bond acceptors (Lipinski definition) is 4. The lowest BCUT2D eigenvalue weighted by Gasteiger charge is -2.14. The van der Waals surface area contributed by atoms with Gasteiger partial charge in [-0.3, -0.25) is 0 Å². The molecule has 0 fully saturated rings. The van der Waals surface area contributed by atoms with Crippen molar-refractivity contribution in [3.8, 4) is 11.6 Å². The number of nitrogens with zero attached hydrogens (tertiary/aromatic N) is 2. The van der Waals surface area contributed by atoms with E-state index in [0.717, 1.165) is 18.5 Å². The van der Waals surface area contributed by atoms with E-state index in [4.69, 9.17) is 22.1 Å². The number of alkyl halides is 3. The summed E-state index contributed by atoms with van der Waals surface area (Å²) in [5.74, 6) is -0.589. The van der Waals surface area contributed by atoms with Gasteiger partial charge in [0.05, 0.1) is 6.20 Å². The molecule has 2 rings (SSSR count). The number of anilines is 1. The third-order valence-electron chi connectivity index (χ3n) is 2.15. The van der Waals surface area contributed by atoms with Crippen molar-refractivity contribution in [1.29, 1.82) is 0 Å². The van der Waals surface area contributed by atoms with Crippen LogP contribution >= 0.6 is 11.6 Å². The highest BCUT2D eigenvalue weighted by molar-refractivity contribution is 6.31. The maximum atomic E-state index is 12.8. The molecule has 1 aromatic carbocycles. The van der Waals surface area contributed by atoms with Gasteiger partial charge < -0.3 is 10.5 Å². The molecule has 0 radical (unpaired) electrons. The Morgan fingerprint density at radius 3 is 2.63 bits per heavy atom. The van der Waals surface area contributed by atoms with Crippen LogP contribution in [0.4, 0.5) is 18.9 Å². The number of nitrogen functional groups attached to an aromatic ring is 1. The van der Waals surface area contributed by atoms with Crippen molar-refractivity contribution in [3.05, 3.63) is 41.3 Å². The first-order chi connectivity index (χ1) is 8.88. The monoisotopic (exact) mass is 289 g/mol. The Morgan fingerprint density at radius 2 is 2.00 bits per heavy atom. The van der Waals surface area contributed by atoms with Crippen LogP contribution in [0.2, 0.25) is 5.02 Å². The zero-order valence-electron chi connectivity index (χ0n) is 9.28. The Kier molecular flexibility index (Phi) is 3.48. The molecule has 0 spiro atoms. The molecular formula is C11H7ClF3N3O. The van der Waals surface area contributed by atoms with Gasteiger partial charge in [0.2, 0.25) is 5.88 Å².